The molecule has 2 rings (SSSR count). The second-order valence-corrected chi connectivity index (χ2v) is 4.19. The Kier molecular flexibility index (Phi) is 5.83. The highest BCUT2D eigenvalue weighted by Gasteiger charge is 2.04. The van der Waals surface area contributed by atoms with Crippen molar-refractivity contribution in [3.63, 3.8) is 0 Å². The van der Waals surface area contributed by atoms with E-state index in [0.29, 0.717) is 0 Å². The second-order valence-electron chi connectivity index (χ2n) is 4.19. The smallest absolute Gasteiger partial charge is 0.0642 e. The molecule has 0 saturated heterocycles. The summed E-state index contributed by atoms with van der Waals surface area (Å²) in [5, 5.41) is 8.69. The van der Waals surface area contributed by atoms with Crippen LogP contribution in [-0.4, -0.2) is 36.8 Å². The summed E-state index contributed by atoms with van der Waals surface area (Å²) in [4.78, 5) is 2.24. The highest BCUT2D eigenvalue weighted by atomic mass is 16.3. The highest BCUT2D eigenvalue weighted by molar-refractivity contribution is 5.11. The minimum absolute atomic E-state index is 0.244. The van der Waals surface area contributed by atoms with Gasteiger partial charge in [-0.2, -0.15) is 0 Å². The molecule has 0 radical (unpaired) electrons. The molecule has 1 aromatic rings. The van der Waals surface area contributed by atoms with Crippen LogP contribution in [0.2, 0.25) is 0 Å². The van der Waals surface area contributed by atoms with Crippen molar-refractivity contribution in [3.8, 4) is 0 Å². The van der Waals surface area contributed by atoms with Gasteiger partial charge in [-0.15, -0.1) is 0 Å². The summed E-state index contributed by atoms with van der Waals surface area (Å²) in [5.41, 5.74) is 2.51. The van der Waals surface area contributed by atoms with Crippen molar-refractivity contribution in [2.24, 2.45) is 0 Å². The Morgan fingerprint density at radius 3 is 2.31 bits per heavy atom. The van der Waals surface area contributed by atoms with Gasteiger partial charge in [0.15, 0.2) is 0 Å². The molecule has 0 atom stereocenters. The van der Waals surface area contributed by atoms with Gasteiger partial charge in [-0.05, 0) is 26.0 Å². The molecule has 0 fully saturated rings. The summed E-state index contributed by atoms with van der Waals surface area (Å²) >= 11 is 0. The Balaban J connectivity index is 0.000000165. The first-order chi connectivity index (χ1) is 7.72. The van der Waals surface area contributed by atoms with Crippen LogP contribution in [0, 0.1) is 6.92 Å². The number of likely N-dealkylation sites (N-methyl/N-ethyl adjacent to an activating group) is 1. The molecule has 2 nitrogen and oxygen atoms in total. The number of rotatable bonds is 1. The molecule has 0 saturated carbocycles. The van der Waals surface area contributed by atoms with Crippen LogP contribution in [-0.2, 0) is 0 Å². The summed E-state index contributed by atoms with van der Waals surface area (Å²) < 4.78 is 0. The maximum atomic E-state index is 8.69. The Morgan fingerprint density at radius 1 is 1.25 bits per heavy atom. The topological polar surface area (TPSA) is 23.5 Å². The lowest BCUT2D eigenvalue weighted by atomic mass is 10.1. The van der Waals surface area contributed by atoms with E-state index >= 15 is 0 Å². The molecular weight excluding hydrogens is 198 g/mol. The van der Waals surface area contributed by atoms with Crippen molar-refractivity contribution >= 4 is 0 Å². The molecule has 1 aliphatic rings. The number of nitrogens with zero attached hydrogens (tertiary/aromatic N) is 1. The second kappa shape index (κ2) is 7.20. The first kappa shape index (κ1) is 12.9. The molecule has 0 aromatic heterocycles. The summed E-state index contributed by atoms with van der Waals surface area (Å²) in [5.74, 6) is 0. The maximum absolute atomic E-state index is 8.69. The first-order valence-electron chi connectivity index (χ1n) is 5.71. The molecular formula is C14H21NO. The van der Waals surface area contributed by atoms with Gasteiger partial charge in [-0.3, -0.25) is 0 Å². The summed E-state index contributed by atoms with van der Waals surface area (Å²) in [6.07, 6.45) is 3.14. The number of aliphatic hydroxyl groups is 1. The van der Waals surface area contributed by atoms with Gasteiger partial charge in [-0.1, -0.05) is 42.0 Å². The minimum Gasteiger partial charge on any atom is -0.392 e. The molecule has 0 bridgehead atoms. The lowest BCUT2D eigenvalue weighted by Gasteiger charge is -2.20. The van der Waals surface area contributed by atoms with Crippen LogP contribution in [0.4, 0.5) is 0 Å². The zero-order chi connectivity index (χ0) is 11.8. The van der Waals surface area contributed by atoms with Crippen LogP contribution in [0.3, 0.4) is 0 Å². The van der Waals surface area contributed by atoms with E-state index in [4.69, 9.17) is 5.11 Å². The Bertz CT molecular complexity index is 319. The Hall–Kier alpha value is -1.12. The standard InChI is InChI=1S/C7H13NO.C7H8/c1-8-4-2-7(6-9)3-5-8;1-7-5-3-2-4-6-7/h2,9H,3-6H2,1H3;2-6H,1H3. The van der Waals surface area contributed by atoms with E-state index in [1.54, 1.807) is 0 Å². The van der Waals surface area contributed by atoms with Gasteiger partial charge >= 0.3 is 0 Å². The van der Waals surface area contributed by atoms with Crippen LogP contribution in [0.15, 0.2) is 42.0 Å². The molecule has 0 spiro atoms. The zero-order valence-corrected chi connectivity index (χ0v) is 10.2. The maximum Gasteiger partial charge on any atom is 0.0642 e. The third-order valence-corrected chi connectivity index (χ3v) is 2.65. The quantitative estimate of drug-likeness (QED) is 0.732. The van der Waals surface area contributed by atoms with Crippen LogP contribution in [0.5, 0.6) is 0 Å². The van der Waals surface area contributed by atoms with Gasteiger partial charge in [0.2, 0.25) is 0 Å². The van der Waals surface area contributed by atoms with Crippen LogP contribution in [0.1, 0.15) is 12.0 Å². The van der Waals surface area contributed by atoms with Gasteiger partial charge in [-0.25, -0.2) is 0 Å². The average Bonchev–Trinajstić information content (AvgIpc) is 2.32. The summed E-state index contributed by atoms with van der Waals surface area (Å²) in [6, 6.07) is 10.3. The zero-order valence-electron chi connectivity index (χ0n) is 10.2. The van der Waals surface area contributed by atoms with Crippen molar-refractivity contribution in [1.82, 2.24) is 4.90 Å². The number of hydrogen-bond donors (Lipinski definition) is 1. The van der Waals surface area contributed by atoms with E-state index < -0.39 is 0 Å². The fourth-order valence-electron chi connectivity index (χ4n) is 1.49. The van der Waals surface area contributed by atoms with Crippen molar-refractivity contribution in [3.05, 3.63) is 47.5 Å². The largest absolute Gasteiger partial charge is 0.392 e. The molecule has 1 aliphatic heterocycles. The van der Waals surface area contributed by atoms with Gasteiger partial charge in [0.25, 0.3) is 0 Å². The van der Waals surface area contributed by atoms with E-state index in [9.17, 15) is 0 Å². The molecule has 2 heteroatoms. The third kappa shape index (κ3) is 5.10. The van der Waals surface area contributed by atoms with E-state index in [2.05, 4.69) is 37.1 Å². The van der Waals surface area contributed by atoms with Crippen LogP contribution >= 0.6 is 0 Å². The lowest BCUT2D eigenvalue weighted by molar-refractivity contribution is 0.300. The summed E-state index contributed by atoms with van der Waals surface area (Å²) in [7, 11) is 2.09. The molecule has 0 unspecified atom stereocenters. The summed E-state index contributed by atoms with van der Waals surface area (Å²) in [6.45, 7) is 4.41. The van der Waals surface area contributed by atoms with Gasteiger partial charge in [0.05, 0.1) is 6.61 Å². The third-order valence-electron chi connectivity index (χ3n) is 2.65. The van der Waals surface area contributed by atoms with E-state index in [0.717, 1.165) is 19.5 Å². The molecule has 1 aromatic carbocycles. The van der Waals surface area contributed by atoms with Crippen molar-refractivity contribution in [2.45, 2.75) is 13.3 Å². The fourth-order valence-corrected chi connectivity index (χ4v) is 1.49. The lowest BCUT2D eigenvalue weighted by Crippen LogP contribution is -2.24. The van der Waals surface area contributed by atoms with Crippen molar-refractivity contribution in [1.29, 1.82) is 0 Å². The number of hydrogen-bond acceptors (Lipinski definition) is 2. The predicted octanol–water partition coefficient (Wildman–Crippen LogP) is 2.24. The number of benzene rings is 1. The SMILES string of the molecule is CN1CC=C(CO)CC1.Cc1ccccc1. The predicted molar refractivity (Wildman–Crippen MR) is 68.5 cm³/mol. The van der Waals surface area contributed by atoms with Crippen molar-refractivity contribution < 1.29 is 5.11 Å². The normalized spacial score (nSPS) is 16.1. The molecule has 88 valence electrons. The van der Waals surface area contributed by atoms with Crippen molar-refractivity contribution in [2.75, 3.05) is 26.7 Å². The first-order valence-corrected chi connectivity index (χ1v) is 5.71. The number of aryl methyl sites for hydroxylation is 1. The molecule has 16 heavy (non-hydrogen) atoms. The molecule has 1 heterocycles. The van der Waals surface area contributed by atoms with Gasteiger partial charge in [0, 0.05) is 13.1 Å². The molecule has 0 aliphatic carbocycles. The number of aliphatic hydroxyl groups excluding tert-OH is 1. The average molecular weight is 219 g/mol. The van der Waals surface area contributed by atoms with E-state index in [1.807, 2.05) is 18.2 Å². The Morgan fingerprint density at radius 2 is 1.94 bits per heavy atom. The Labute approximate surface area is 98.2 Å². The highest BCUT2D eigenvalue weighted by Crippen LogP contribution is 2.06. The molecule has 1 N–H and O–H groups in total. The van der Waals surface area contributed by atoms with Gasteiger partial charge < -0.3 is 10.0 Å². The van der Waals surface area contributed by atoms with E-state index in [-0.39, 0.29) is 6.61 Å². The van der Waals surface area contributed by atoms with Crippen LogP contribution in [0.25, 0.3) is 0 Å². The fraction of sp³-hybridized carbons (Fsp3) is 0.429. The molecule has 0 amide bonds. The van der Waals surface area contributed by atoms with Gasteiger partial charge in [0.1, 0.15) is 0 Å². The minimum atomic E-state index is 0.244. The van der Waals surface area contributed by atoms with E-state index in [1.165, 1.54) is 11.1 Å². The van der Waals surface area contributed by atoms with Crippen LogP contribution < -0.4 is 0 Å². The monoisotopic (exact) mass is 219 g/mol.